The number of nitrogens with zero attached hydrogens (tertiary/aromatic N) is 2. The van der Waals surface area contributed by atoms with E-state index in [1.807, 2.05) is 0 Å². The molecule has 17 heavy (non-hydrogen) atoms. The van der Waals surface area contributed by atoms with Crippen molar-refractivity contribution in [3.63, 3.8) is 0 Å². The zero-order valence-corrected chi connectivity index (χ0v) is 9.13. The summed E-state index contributed by atoms with van der Waals surface area (Å²) in [5, 5.41) is 10.9. The van der Waals surface area contributed by atoms with Crippen molar-refractivity contribution in [2.75, 3.05) is 0 Å². The lowest BCUT2D eigenvalue weighted by Crippen LogP contribution is -2.19. The van der Waals surface area contributed by atoms with Crippen molar-refractivity contribution < 1.29 is 27.5 Å². The number of aromatic nitrogens is 2. The summed E-state index contributed by atoms with van der Waals surface area (Å²) in [5.41, 5.74) is -2.06. The molecule has 0 aromatic carbocycles. The van der Waals surface area contributed by atoms with Crippen molar-refractivity contribution in [3.8, 4) is 0 Å². The van der Waals surface area contributed by atoms with Gasteiger partial charge in [0.05, 0.1) is 5.02 Å². The molecule has 0 saturated carbocycles. The molecule has 96 valence electrons. The van der Waals surface area contributed by atoms with Crippen LogP contribution in [0, 0.1) is 0 Å². The fourth-order valence-electron chi connectivity index (χ4n) is 1.18. The molecule has 0 radical (unpaired) electrons. The number of hydrogen-bond acceptors (Lipinski definition) is 2. The number of aliphatic carboxylic acids is 1. The van der Waals surface area contributed by atoms with Crippen LogP contribution in [0.25, 0.3) is 0 Å². The molecule has 1 heterocycles. The Kier molecular flexibility index (Phi) is 3.97. The first-order valence-corrected chi connectivity index (χ1v) is 4.72. The molecule has 1 aromatic heterocycles. The number of hydrogen-bond donors (Lipinski definition) is 1. The minimum atomic E-state index is -3.19. The average molecular weight is 275 g/mol. The van der Waals surface area contributed by atoms with E-state index in [1.54, 1.807) is 0 Å². The summed E-state index contributed by atoms with van der Waals surface area (Å²) in [5.74, 6) is -1.48. The molecule has 0 bridgehead atoms. The molecule has 0 spiro atoms. The molecule has 0 fully saturated rings. The Morgan fingerprint density at radius 1 is 1.35 bits per heavy atom. The van der Waals surface area contributed by atoms with E-state index >= 15 is 0 Å². The number of rotatable bonds is 4. The molecule has 4 nitrogen and oxygen atoms in total. The lowest BCUT2D eigenvalue weighted by atomic mass is 10.3. The second kappa shape index (κ2) is 4.91. The van der Waals surface area contributed by atoms with Gasteiger partial charge in [-0.2, -0.15) is 5.10 Å². The summed E-state index contributed by atoms with van der Waals surface area (Å²) in [6.45, 7) is 1.03. The molecule has 1 aromatic rings. The van der Waals surface area contributed by atoms with E-state index in [0.717, 1.165) is 6.92 Å². The summed E-state index contributed by atoms with van der Waals surface area (Å²) in [7, 11) is 0. The highest BCUT2D eigenvalue weighted by atomic mass is 35.5. The molecule has 0 amide bonds. The van der Waals surface area contributed by atoms with Gasteiger partial charge in [-0.15, -0.1) is 0 Å². The molecule has 0 unspecified atom stereocenters. The summed E-state index contributed by atoms with van der Waals surface area (Å²) in [6, 6.07) is -1.51. The fraction of sp³-hybridized carbons (Fsp3) is 0.500. The SMILES string of the molecule is C[C@@H](C(=O)O)n1nc(C(F)F)c(Cl)c1C(F)F. The summed E-state index contributed by atoms with van der Waals surface area (Å²) < 4.78 is 50.3. The van der Waals surface area contributed by atoms with Gasteiger partial charge in [-0.1, -0.05) is 11.6 Å². The maximum Gasteiger partial charge on any atom is 0.328 e. The summed E-state index contributed by atoms with van der Waals surface area (Å²) in [4.78, 5) is 10.6. The van der Waals surface area contributed by atoms with E-state index in [-0.39, 0.29) is 0 Å². The van der Waals surface area contributed by atoms with E-state index in [9.17, 15) is 22.4 Å². The first-order chi connectivity index (χ1) is 7.77. The third kappa shape index (κ3) is 2.51. The van der Waals surface area contributed by atoms with Crippen LogP contribution in [0.4, 0.5) is 17.6 Å². The van der Waals surface area contributed by atoms with Gasteiger partial charge in [-0.05, 0) is 6.92 Å². The minimum absolute atomic E-state index is 0.302. The minimum Gasteiger partial charge on any atom is -0.480 e. The molecular formula is C8H7ClF4N2O2. The smallest absolute Gasteiger partial charge is 0.328 e. The highest BCUT2D eigenvalue weighted by Crippen LogP contribution is 2.35. The Labute approximate surface area is 97.8 Å². The van der Waals surface area contributed by atoms with Crippen molar-refractivity contribution in [2.24, 2.45) is 0 Å². The average Bonchev–Trinajstić information content (AvgIpc) is 2.54. The number of alkyl halides is 4. The van der Waals surface area contributed by atoms with Crippen LogP contribution in [0.5, 0.6) is 0 Å². The zero-order valence-electron chi connectivity index (χ0n) is 8.37. The Morgan fingerprint density at radius 3 is 2.24 bits per heavy atom. The van der Waals surface area contributed by atoms with Gasteiger partial charge in [0.1, 0.15) is 17.4 Å². The molecule has 0 saturated heterocycles. The van der Waals surface area contributed by atoms with Crippen molar-refractivity contribution in [1.29, 1.82) is 0 Å². The van der Waals surface area contributed by atoms with Crippen LogP contribution in [-0.2, 0) is 4.79 Å². The molecule has 1 N–H and O–H groups in total. The quantitative estimate of drug-likeness (QED) is 0.859. The van der Waals surface area contributed by atoms with E-state index < -0.39 is 41.3 Å². The van der Waals surface area contributed by atoms with Crippen molar-refractivity contribution in [3.05, 3.63) is 16.4 Å². The first-order valence-electron chi connectivity index (χ1n) is 4.34. The molecule has 0 aliphatic rings. The highest BCUT2D eigenvalue weighted by molar-refractivity contribution is 6.32. The third-order valence-corrected chi connectivity index (χ3v) is 2.44. The molecular weight excluding hydrogens is 268 g/mol. The predicted molar refractivity (Wildman–Crippen MR) is 49.5 cm³/mol. The first kappa shape index (κ1) is 13.8. The number of carbonyl (C=O) groups is 1. The second-order valence-corrected chi connectivity index (χ2v) is 3.52. The second-order valence-electron chi connectivity index (χ2n) is 3.14. The van der Waals surface area contributed by atoms with E-state index in [1.165, 1.54) is 0 Å². The van der Waals surface area contributed by atoms with Gasteiger partial charge in [0, 0.05) is 0 Å². The Balaban J connectivity index is 3.38. The van der Waals surface area contributed by atoms with Crippen LogP contribution < -0.4 is 0 Å². The Morgan fingerprint density at radius 2 is 1.88 bits per heavy atom. The fourth-order valence-corrected chi connectivity index (χ4v) is 1.47. The van der Waals surface area contributed by atoms with Gasteiger partial charge < -0.3 is 5.11 Å². The van der Waals surface area contributed by atoms with Crippen LogP contribution >= 0.6 is 11.6 Å². The number of carboxylic acid groups (broad SMARTS) is 1. The summed E-state index contributed by atoms with van der Waals surface area (Å²) in [6.07, 6.45) is -6.34. The summed E-state index contributed by atoms with van der Waals surface area (Å²) >= 11 is 5.33. The lowest BCUT2D eigenvalue weighted by Gasteiger charge is -2.10. The lowest BCUT2D eigenvalue weighted by molar-refractivity contribution is -0.140. The van der Waals surface area contributed by atoms with Gasteiger partial charge >= 0.3 is 5.97 Å². The third-order valence-electron chi connectivity index (χ3n) is 2.05. The van der Waals surface area contributed by atoms with Crippen LogP contribution in [0.2, 0.25) is 5.02 Å². The van der Waals surface area contributed by atoms with Crippen LogP contribution in [0.1, 0.15) is 37.2 Å². The van der Waals surface area contributed by atoms with Gasteiger partial charge in [-0.3, -0.25) is 0 Å². The van der Waals surface area contributed by atoms with Crippen LogP contribution in [0.3, 0.4) is 0 Å². The highest BCUT2D eigenvalue weighted by Gasteiger charge is 2.31. The Bertz CT molecular complexity index is 435. The maximum absolute atomic E-state index is 12.6. The van der Waals surface area contributed by atoms with Gasteiger partial charge in [0.15, 0.2) is 0 Å². The molecule has 1 rings (SSSR count). The van der Waals surface area contributed by atoms with Gasteiger partial charge in [-0.25, -0.2) is 27.0 Å². The van der Waals surface area contributed by atoms with Crippen molar-refractivity contribution in [2.45, 2.75) is 25.8 Å². The van der Waals surface area contributed by atoms with Crippen LogP contribution in [-0.4, -0.2) is 20.9 Å². The van der Waals surface area contributed by atoms with E-state index in [0.29, 0.717) is 4.68 Å². The van der Waals surface area contributed by atoms with Crippen LogP contribution in [0.15, 0.2) is 0 Å². The van der Waals surface area contributed by atoms with Gasteiger partial charge in [0.2, 0.25) is 0 Å². The number of halogens is 5. The Hall–Kier alpha value is -1.31. The number of carboxylic acids is 1. The van der Waals surface area contributed by atoms with Crippen molar-refractivity contribution in [1.82, 2.24) is 9.78 Å². The maximum atomic E-state index is 12.6. The zero-order chi connectivity index (χ0) is 13.3. The van der Waals surface area contributed by atoms with Crippen molar-refractivity contribution >= 4 is 17.6 Å². The molecule has 1 atom stereocenters. The topological polar surface area (TPSA) is 55.1 Å². The standard InChI is InChI=1S/C8H7ClF4N2O2/c1-2(8(16)17)15-5(7(12)13)3(9)4(14-15)6(10)11/h2,6-7H,1H3,(H,16,17)/t2-/m0/s1. The largest absolute Gasteiger partial charge is 0.480 e. The van der Waals surface area contributed by atoms with Gasteiger partial charge in [0.25, 0.3) is 12.9 Å². The van der Waals surface area contributed by atoms with E-state index in [2.05, 4.69) is 5.10 Å². The molecule has 9 heteroatoms. The van der Waals surface area contributed by atoms with E-state index in [4.69, 9.17) is 16.7 Å². The molecule has 0 aliphatic carbocycles. The molecule has 0 aliphatic heterocycles. The monoisotopic (exact) mass is 274 g/mol. The normalized spacial score (nSPS) is 13.4. The predicted octanol–water partition coefficient (Wildman–Crippen LogP) is 3.06.